The van der Waals surface area contributed by atoms with Gasteiger partial charge in [-0.1, -0.05) is 147 Å². The molecule has 0 amide bonds. The number of benzene rings is 2. The Bertz CT molecular complexity index is 908. The minimum absolute atomic E-state index is 0.157. The number of rotatable bonds is 4. The van der Waals surface area contributed by atoms with Crippen LogP contribution in [0.15, 0.2) is 48.5 Å². The van der Waals surface area contributed by atoms with E-state index < -0.39 is 0 Å². The molecule has 3 aliphatic rings. The Hall–Kier alpha value is -0.700. The van der Waals surface area contributed by atoms with E-state index >= 15 is 0 Å². The van der Waals surface area contributed by atoms with Crippen LogP contribution < -0.4 is 0 Å². The molecule has 0 aromatic heterocycles. The van der Waals surface area contributed by atoms with Crippen LogP contribution in [0, 0.1) is 11.8 Å². The summed E-state index contributed by atoms with van der Waals surface area (Å²) in [7, 11) is -0.313. The fourth-order valence-electron chi connectivity index (χ4n) is 7.92. The molecule has 0 saturated carbocycles. The number of fused-ring (bicyclic) bond motifs is 1. The van der Waals surface area contributed by atoms with Gasteiger partial charge in [0.15, 0.2) is 0 Å². The molecular formula is C34H52P2. The summed E-state index contributed by atoms with van der Waals surface area (Å²) < 4.78 is 0. The van der Waals surface area contributed by atoms with Crippen molar-refractivity contribution in [1.82, 2.24) is 0 Å². The van der Waals surface area contributed by atoms with Gasteiger partial charge in [-0.25, -0.2) is 0 Å². The van der Waals surface area contributed by atoms with Gasteiger partial charge >= 0.3 is 0 Å². The summed E-state index contributed by atoms with van der Waals surface area (Å²) in [6.45, 7) is 30.2. The van der Waals surface area contributed by atoms with Gasteiger partial charge in [0.1, 0.15) is 0 Å². The first-order valence-corrected chi connectivity index (χ1v) is 17.2. The van der Waals surface area contributed by atoms with Gasteiger partial charge in [-0.2, -0.15) is 0 Å². The van der Waals surface area contributed by atoms with Crippen LogP contribution in [0.2, 0.25) is 0 Å². The third-order valence-electron chi connectivity index (χ3n) is 8.76. The zero-order valence-corrected chi connectivity index (χ0v) is 27.0. The lowest BCUT2D eigenvalue weighted by atomic mass is 9.55. The van der Waals surface area contributed by atoms with Crippen LogP contribution >= 0.6 is 15.8 Å². The quantitative estimate of drug-likeness (QED) is 0.350. The predicted octanol–water partition coefficient (Wildman–Crippen LogP) is 10.7. The zero-order valence-electron chi connectivity index (χ0n) is 25.2. The Labute approximate surface area is 226 Å². The van der Waals surface area contributed by atoms with Crippen LogP contribution in [0.1, 0.15) is 117 Å². The molecule has 198 valence electrons. The standard InChI is InChI=1S/C34H52P2/c1-31(2,3)35(32(4,5)6)21-27-28(22-36(33(7,8)9)34(10,11)12)30-25-19-15-13-17-23(25)29(27)24-18-14-16-20-26(24)30/h13-20,27-30H,21-22H2,1-12H3/t27-,28-,29?,30?/m0/s1. The van der Waals surface area contributed by atoms with E-state index in [0.29, 0.717) is 32.5 Å². The third kappa shape index (κ3) is 5.26. The molecule has 5 rings (SSSR count). The summed E-state index contributed by atoms with van der Waals surface area (Å²) in [4.78, 5) is 0. The predicted molar refractivity (Wildman–Crippen MR) is 166 cm³/mol. The third-order valence-corrected chi connectivity index (χ3v) is 16.8. The first-order valence-electron chi connectivity index (χ1n) is 14.2. The molecule has 0 saturated heterocycles. The molecule has 2 atom stereocenters. The van der Waals surface area contributed by atoms with E-state index in [9.17, 15) is 0 Å². The van der Waals surface area contributed by atoms with Gasteiger partial charge in [0, 0.05) is 11.8 Å². The second-order valence-electron chi connectivity index (χ2n) is 15.4. The van der Waals surface area contributed by atoms with Crippen molar-refractivity contribution in [3.63, 3.8) is 0 Å². The van der Waals surface area contributed by atoms with Crippen molar-refractivity contribution in [3.8, 4) is 0 Å². The smallest absolute Gasteiger partial charge is 0.0130 e. The van der Waals surface area contributed by atoms with E-state index in [1.807, 2.05) is 0 Å². The molecule has 2 aromatic carbocycles. The van der Waals surface area contributed by atoms with Crippen molar-refractivity contribution < 1.29 is 0 Å². The number of hydrogen-bond acceptors (Lipinski definition) is 0. The van der Waals surface area contributed by atoms with Crippen LogP contribution in [-0.2, 0) is 0 Å². The highest BCUT2D eigenvalue weighted by Crippen LogP contribution is 2.69. The summed E-state index contributed by atoms with van der Waals surface area (Å²) in [5.74, 6) is 2.52. The molecule has 0 fully saturated rings. The molecule has 3 aliphatic carbocycles. The molecule has 2 bridgehead atoms. The maximum absolute atomic E-state index is 2.51. The molecule has 0 nitrogen and oxygen atoms in total. The van der Waals surface area contributed by atoms with Crippen LogP contribution in [0.25, 0.3) is 0 Å². The second kappa shape index (κ2) is 9.49. The van der Waals surface area contributed by atoms with Crippen molar-refractivity contribution in [3.05, 3.63) is 70.8 Å². The summed E-state index contributed by atoms with van der Waals surface area (Å²) in [5, 5.41) is 1.42. The molecule has 0 N–H and O–H groups in total. The molecule has 0 radical (unpaired) electrons. The van der Waals surface area contributed by atoms with E-state index in [0.717, 1.165) is 11.8 Å². The Morgan fingerprint density at radius 3 is 0.861 bits per heavy atom. The van der Waals surface area contributed by atoms with Crippen LogP contribution in [-0.4, -0.2) is 32.9 Å². The Balaban J connectivity index is 1.91. The van der Waals surface area contributed by atoms with Crippen molar-refractivity contribution in [2.75, 3.05) is 12.3 Å². The first-order chi connectivity index (χ1) is 16.4. The van der Waals surface area contributed by atoms with Gasteiger partial charge in [-0.05, 0) is 67.0 Å². The molecule has 0 heterocycles. The lowest BCUT2D eigenvalue weighted by molar-refractivity contribution is 0.275. The Morgan fingerprint density at radius 2 is 0.667 bits per heavy atom. The lowest BCUT2D eigenvalue weighted by Gasteiger charge is -2.56. The largest absolute Gasteiger partial charge is 0.0953 e. The molecule has 2 aromatic rings. The highest BCUT2D eigenvalue weighted by Gasteiger charge is 2.53. The van der Waals surface area contributed by atoms with Crippen molar-refractivity contribution in [1.29, 1.82) is 0 Å². The highest BCUT2D eigenvalue weighted by atomic mass is 31.1. The fourth-order valence-corrected chi connectivity index (χ4v) is 15.9. The van der Waals surface area contributed by atoms with E-state index in [1.54, 1.807) is 22.3 Å². The summed E-state index contributed by atoms with van der Waals surface area (Å²) in [5.41, 5.74) is 6.54. The summed E-state index contributed by atoms with van der Waals surface area (Å²) in [6, 6.07) is 19.1. The zero-order chi connectivity index (χ0) is 26.8. The van der Waals surface area contributed by atoms with E-state index in [4.69, 9.17) is 0 Å². The lowest BCUT2D eigenvalue weighted by Crippen LogP contribution is -2.45. The molecule has 0 unspecified atom stereocenters. The minimum Gasteiger partial charge on any atom is -0.0953 e. The first kappa shape index (κ1) is 28.3. The van der Waals surface area contributed by atoms with E-state index in [1.165, 1.54) is 12.3 Å². The molecule has 0 aliphatic heterocycles. The summed E-state index contributed by atoms with van der Waals surface area (Å²) in [6.07, 6.45) is 2.77. The van der Waals surface area contributed by atoms with Crippen molar-refractivity contribution in [2.24, 2.45) is 11.8 Å². The van der Waals surface area contributed by atoms with Gasteiger partial charge in [-0.15, -0.1) is 0 Å². The van der Waals surface area contributed by atoms with Gasteiger partial charge in [0.2, 0.25) is 0 Å². The normalized spacial score (nSPS) is 24.3. The maximum atomic E-state index is 2.51. The van der Waals surface area contributed by atoms with Gasteiger partial charge in [0.25, 0.3) is 0 Å². The minimum atomic E-state index is -0.157. The van der Waals surface area contributed by atoms with Gasteiger partial charge in [-0.3, -0.25) is 0 Å². The van der Waals surface area contributed by atoms with Gasteiger partial charge in [0.05, 0.1) is 0 Å². The van der Waals surface area contributed by atoms with E-state index in [-0.39, 0.29) is 15.8 Å². The summed E-state index contributed by atoms with van der Waals surface area (Å²) >= 11 is 0. The Morgan fingerprint density at radius 1 is 0.444 bits per heavy atom. The van der Waals surface area contributed by atoms with E-state index in [2.05, 4.69) is 132 Å². The number of hydrogen-bond donors (Lipinski definition) is 0. The van der Waals surface area contributed by atoms with Crippen molar-refractivity contribution in [2.45, 2.75) is 116 Å². The molecule has 0 spiro atoms. The SMILES string of the molecule is CC(C)(C)P(C[C@@H]1C2c3ccccc3C(c3ccccc32)[C@H]1CP(C(C)(C)C)C(C)(C)C)C(C)(C)C. The van der Waals surface area contributed by atoms with Crippen molar-refractivity contribution >= 4 is 15.8 Å². The monoisotopic (exact) mass is 522 g/mol. The van der Waals surface area contributed by atoms with Crippen LogP contribution in [0.4, 0.5) is 0 Å². The Kier molecular flexibility index (Phi) is 7.47. The fraction of sp³-hybridized carbons (Fsp3) is 0.647. The average Bonchev–Trinajstić information content (AvgIpc) is 2.72. The maximum Gasteiger partial charge on any atom is 0.0130 e. The topological polar surface area (TPSA) is 0 Å². The molecule has 2 heteroatoms. The average molecular weight is 523 g/mol. The van der Waals surface area contributed by atoms with Crippen LogP contribution in [0.5, 0.6) is 0 Å². The van der Waals surface area contributed by atoms with Crippen LogP contribution in [0.3, 0.4) is 0 Å². The highest BCUT2D eigenvalue weighted by molar-refractivity contribution is 7.61. The molecule has 36 heavy (non-hydrogen) atoms. The second-order valence-corrected chi connectivity index (χ2v) is 23.3. The molecular weight excluding hydrogens is 470 g/mol. The van der Waals surface area contributed by atoms with Gasteiger partial charge < -0.3 is 0 Å².